The highest BCUT2D eigenvalue weighted by molar-refractivity contribution is 7.10. The van der Waals surface area contributed by atoms with Crippen LogP contribution >= 0.6 is 11.3 Å². The first-order valence-corrected chi connectivity index (χ1v) is 11.7. The number of anilines is 1. The molecule has 1 aliphatic rings. The Hall–Kier alpha value is -3.19. The van der Waals surface area contributed by atoms with E-state index in [1.165, 1.54) is 11.3 Å². The molecular weight excluding hydrogens is 422 g/mol. The number of rotatable bonds is 8. The third kappa shape index (κ3) is 4.99. The van der Waals surface area contributed by atoms with Gasteiger partial charge >= 0.3 is 0 Å². The van der Waals surface area contributed by atoms with Crippen molar-refractivity contribution in [2.45, 2.75) is 44.2 Å². The monoisotopic (exact) mass is 449 g/mol. The molecule has 1 unspecified atom stereocenters. The molecule has 2 aromatic heterocycles. The van der Waals surface area contributed by atoms with E-state index in [1.807, 2.05) is 35.7 Å². The molecule has 2 heterocycles. The third-order valence-electron chi connectivity index (χ3n) is 5.75. The van der Waals surface area contributed by atoms with Gasteiger partial charge in [-0.05, 0) is 54.1 Å². The summed E-state index contributed by atoms with van der Waals surface area (Å²) >= 11 is 1.53. The highest BCUT2D eigenvalue weighted by Crippen LogP contribution is 2.36. The largest absolute Gasteiger partial charge is 0.495 e. The Balaban J connectivity index is 1.77. The number of carbonyl (C=O) groups is 2. The van der Waals surface area contributed by atoms with E-state index < -0.39 is 6.04 Å². The second-order valence-electron chi connectivity index (χ2n) is 7.86. The smallest absolute Gasteiger partial charge is 0.248 e. The molecule has 0 spiro atoms. The maximum atomic E-state index is 13.7. The minimum absolute atomic E-state index is 0.138. The summed E-state index contributed by atoms with van der Waals surface area (Å²) in [5, 5.41) is 5.14. The van der Waals surface area contributed by atoms with Crippen molar-refractivity contribution in [2.24, 2.45) is 0 Å². The second kappa shape index (κ2) is 10.4. The van der Waals surface area contributed by atoms with Gasteiger partial charge < -0.3 is 10.1 Å². The van der Waals surface area contributed by atoms with Gasteiger partial charge in [-0.2, -0.15) is 0 Å². The maximum Gasteiger partial charge on any atom is 0.248 e. The Morgan fingerprint density at radius 1 is 1.12 bits per heavy atom. The number of benzene rings is 1. The molecule has 0 saturated heterocycles. The molecule has 166 valence electrons. The van der Waals surface area contributed by atoms with E-state index in [-0.39, 0.29) is 24.3 Å². The van der Waals surface area contributed by atoms with Gasteiger partial charge in [0.05, 0.1) is 19.2 Å². The zero-order valence-electron chi connectivity index (χ0n) is 18.1. The molecule has 1 fully saturated rings. The zero-order chi connectivity index (χ0) is 22.3. The van der Waals surface area contributed by atoms with E-state index in [2.05, 4.69) is 10.3 Å². The molecule has 1 aliphatic carbocycles. The second-order valence-corrected chi connectivity index (χ2v) is 8.90. The number of hydrogen-bond acceptors (Lipinski definition) is 5. The van der Waals surface area contributed by atoms with Crippen molar-refractivity contribution in [1.29, 1.82) is 0 Å². The van der Waals surface area contributed by atoms with E-state index in [0.717, 1.165) is 30.6 Å². The first-order valence-electron chi connectivity index (χ1n) is 10.8. The summed E-state index contributed by atoms with van der Waals surface area (Å²) in [6.45, 7) is 0. The molecule has 4 rings (SSSR count). The first-order chi connectivity index (χ1) is 15.7. The highest BCUT2D eigenvalue weighted by Gasteiger charge is 2.35. The molecule has 1 saturated carbocycles. The molecule has 0 aliphatic heterocycles. The van der Waals surface area contributed by atoms with Gasteiger partial charge in [-0.25, -0.2) is 0 Å². The number of thiophene rings is 1. The number of carbonyl (C=O) groups excluding carboxylic acids is 2. The van der Waals surface area contributed by atoms with Crippen LogP contribution in [0.2, 0.25) is 0 Å². The molecule has 7 heteroatoms. The minimum atomic E-state index is -0.831. The van der Waals surface area contributed by atoms with E-state index in [1.54, 1.807) is 42.6 Å². The van der Waals surface area contributed by atoms with Gasteiger partial charge in [0.25, 0.3) is 0 Å². The summed E-state index contributed by atoms with van der Waals surface area (Å²) < 4.78 is 5.58. The average molecular weight is 450 g/mol. The average Bonchev–Trinajstić information content (AvgIpc) is 3.52. The number of nitrogens with zero attached hydrogens (tertiary/aromatic N) is 2. The highest BCUT2D eigenvalue weighted by atomic mass is 32.1. The lowest BCUT2D eigenvalue weighted by atomic mass is 10.0. The number of ether oxygens (including phenoxy) is 1. The summed E-state index contributed by atoms with van der Waals surface area (Å²) in [6, 6.07) is 14.1. The first kappa shape index (κ1) is 22.0. The van der Waals surface area contributed by atoms with Crippen LogP contribution in [0.3, 0.4) is 0 Å². The van der Waals surface area contributed by atoms with Gasteiger partial charge in [0.2, 0.25) is 11.8 Å². The Labute approximate surface area is 192 Å². The Bertz CT molecular complexity index is 1030. The molecule has 2 amide bonds. The van der Waals surface area contributed by atoms with Crippen LogP contribution in [0.4, 0.5) is 5.69 Å². The molecule has 3 aromatic rings. The van der Waals surface area contributed by atoms with Crippen LogP contribution in [-0.2, 0) is 16.0 Å². The van der Waals surface area contributed by atoms with E-state index >= 15 is 0 Å². The standard InChI is InChI=1S/C25H27N3O3S/c1-31-22-11-5-4-10-21(22)28(23(29)17-20-9-6-16-32-20)24(18-12-14-26-15-13-18)25(30)27-19-7-2-3-8-19/h4-6,9-16,19,24H,2-3,7-8,17H2,1H3,(H,27,30). The van der Waals surface area contributed by atoms with Crippen LogP contribution < -0.4 is 15.0 Å². The third-order valence-corrected chi connectivity index (χ3v) is 6.63. The predicted molar refractivity (Wildman–Crippen MR) is 126 cm³/mol. The maximum absolute atomic E-state index is 13.7. The van der Waals surface area contributed by atoms with Crippen molar-refractivity contribution in [3.63, 3.8) is 0 Å². The van der Waals surface area contributed by atoms with Crippen LogP contribution in [-0.4, -0.2) is 29.9 Å². The number of hydrogen-bond donors (Lipinski definition) is 1. The topological polar surface area (TPSA) is 71.5 Å². The van der Waals surface area contributed by atoms with E-state index in [9.17, 15) is 9.59 Å². The van der Waals surface area contributed by atoms with Crippen molar-refractivity contribution >= 4 is 28.8 Å². The Morgan fingerprint density at radius 3 is 2.56 bits per heavy atom. The normalized spacial score (nSPS) is 14.7. The predicted octanol–water partition coefficient (Wildman–Crippen LogP) is 4.53. The lowest BCUT2D eigenvalue weighted by Gasteiger charge is -2.33. The number of nitrogens with one attached hydrogen (secondary N) is 1. The van der Waals surface area contributed by atoms with E-state index in [4.69, 9.17) is 4.74 Å². The summed E-state index contributed by atoms with van der Waals surface area (Å²) in [7, 11) is 1.57. The number of amides is 2. The van der Waals surface area contributed by atoms with Crippen LogP contribution in [0.1, 0.15) is 42.2 Å². The Morgan fingerprint density at radius 2 is 1.88 bits per heavy atom. The molecule has 0 bridgehead atoms. The summed E-state index contributed by atoms with van der Waals surface area (Å²) in [6.07, 6.45) is 7.65. The van der Waals surface area contributed by atoms with Crippen molar-refractivity contribution < 1.29 is 14.3 Å². The van der Waals surface area contributed by atoms with Crippen LogP contribution in [0.15, 0.2) is 66.3 Å². The van der Waals surface area contributed by atoms with Crippen molar-refractivity contribution in [3.05, 3.63) is 76.7 Å². The number of aromatic nitrogens is 1. The number of methoxy groups -OCH3 is 1. The van der Waals surface area contributed by atoms with Gasteiger partial charge in [-0.15, -0.1) is 11.3 Å². The SMILES string of the molecule is COc1ccccc1N(C(=O)Cc1cccs1)C(C(=O)NC1CCCC1)c1ccncc1. The molecular formula is C25H27N3O3S. The van der Waals surface area contributed by atoms with Crippen molar-refractivity contribution in [3.8, 4) is 5.75 Å². The summed E-state index contributed by atoms with van der Waals surface area (Å²) in [4.78, 5) is 34.0. The fourth-order valence-corrected chi connectivity index (χ4v) is 4.90. The van der Waals surface area contributed by atoms with Crippen LogP contribution in [0.25, 0.3) is 0 Å². The van der Waals surface area contributed by atoms with E-state index in [0.29, 0.717) is 17.0 Å². The van der Waals surface area contributed by atoms with Gasteiger partial charge in [0.1, 0.15) is 11.8 Å². The molecule has 1 atom stereocenters. The van der Waals surface area contributed by atoms with Crippen molar-refractivity contribution in [1.82, 2.24) is 10.3 Å². The fourth-order valence-electron chi connectivity index (χ4n) is 4.21. The fraction of sp³-hybridized carbons (Fsp3) is 0.320. The number of para-hydroxylation sites is 2. The van der Waals surface area contributed by atoms with Crippen LogP contribution in [0.5, 0.6) is 5.75 Å². The van der Waals surface area contributed by atoms with Gasteiger partial charge in [0, 0.05) is 23.3 Å². The molecule has 1 aromatic carbocycles. The van der Waals surface area contributed by atoms with Crippen LogP contribution in [0, 0.1) is 0 Å². The van der Waals surface area contributed by atoms with Gasteiger partial charge in [-0.3, -0.25) is 19.5 Å². The minimum Gasteiger partial charge on any atom is -0.495 e. The molecule has 1 N–H and O–H groups in total. The lowest BCUT2D eigenvalue weighted by Crippen LogP contribution is -2.47. The lowest BCUT2D eigenvalue weighted by molar-refractivity contribution is -0.127. The number of pyridine rings is 1. The molecule has 6 nitrogen and oxygen atoms in total. The zero-order valence-corrected chi connectivity index (χ0v) is 18.9. The summed E-state index contributed by atoms with van der Waals surface area (Å²) in [5.74, 6) is 0.189. The van der Waals surface area contributed by atoms with Gasteiger partial charge in [0.15, 0.2) is 0 Å². The quantitative estimate of drug-likeness (QED) is 0.549. The molecule has 32 heavy (non-hydrogen) atoms. The Kier molecular flexibility index (Phi) is 7.17. The summed E-state index contributed by atoms with van der Waals surface area (Å²) in [5.41, 5.74) is 1.28. The molecule has 0 radical (unpaired) electrons. The van der Waals surface area contributed by atoms with Crippen molar-refractivity contribution in [2.75, 3.05) is 12.0 Å². The van der Waals surface area contributed by atoms with Gasteiger partial charge in [-0.1, -0.05) is 31.0 Å².